The van der Waals surface area contributed by atoms with Crippen molar-refractivity contribution in [1.82, 2.24) is 4.98 Å². The number of carbonyl (C=O) groups is 2. The van der Waals surface area contributed by atoms with Gasteiger partial charge in [-0.05, 0) is 31.2 Å². The Kier molecular flexibility index (Phi) is 5.20. The zero-order valence-corrected chi connectivity index (χ0v) is 14.5. The minimum absolute atomic E-state index is 0.0350. The van der Waals surface area contributed by atoms with Crippen molar-refractivity contribution in [2.75, 3.05) is 10.6 Å². The summed E-state index contributed by atoms with van der Waals surface area (Å²) in [5.74, 6) is -0.204. The lowest BCUT2D eigenvalue weighted by Gasteiger charge is -2.05. The molecule has 0 fully saturated rings. The summed E-state index contributed by atoms with van der Waals surface area (Å²) in [5, 5.41) is 8.60. The van der Waals surface area contributed by atoms with Gasteiger partial charge < -0.3 is 10.6 Å². The number of anilines is 3. The van der Waals surface area contributed by atoms with Gasteiger partial charge in [0, 0.05) is 22.3 Å². The Bertz CT molecular complexity index is 890. The van der Waals surface area contributed by atoms with Gasteiger partial charge in [0.25, 0.3) is 0 Å². The molecule has 1 aromatic heterocycles. The number of rotatable bonds is 6. The van der Waals surface area contributed by atoms with Gasteiger partial charge >= 0.3 is 0 Å². The number of carbonyl (C=O) groups excluding carboxylic acids is 2. The van der Waals surface area contributed by atoms with Gasteiger partial charge in [-0.2, -0.15) is 0 Å². The van der Waals surface area contributed by atoms with Gasteiger partial charge in [-0.1, -0.05) is 30.3 Å². The largest absolute Gasteiger partial charge is 0.332 e. The highest BCUT2D eigenvalue weighted by Crippen LogP contribution is 2.21. The third-order valence-corrected chi connectivity index (χ3v) is 4.28. The molecule has 0 aliphatic heterocycles. The van der Waals surface area contributed by atoms with Crippen LogP contribution < -0.4 is 10.6 Å². The lowest BCUT2D eigenvalue weighted by molar-refractivity contribution is -0.115. The molecule has 2 N–H and O–H groups in total. The van der Waals surface area contributed by atoms with Crippen LogP contribution in [0.3, 0.4) is 0 Å². The normalized spacial score (nSPS) is 10.3. The number of hydrogen-bond donors (Lipinski definition) is 2. The average molecular weight is 351 g/mol. The van der Waals surface area contributed by atoms with E-state index in [9.17, 15) is 9.59 Å². The molecule has 2 aromatic carbocycles. The first-order valence-corrected chi connectivity index (χ1v) is 8.65. The van der Waals surface area contributed by atoms with Gasteiger partial charge in [0.05, 0.1) is 12.1 Å². The lowest BCUT2D eigenvalue weighted by Crippen LogP contribution is -2.14. The fraction of sp³-hybridized carbons (Fsp3) is 0.105. The second-order valence-electron chi connectivity index (χ2n) is 5.50. The summed E-state index contributed by atoms with van der Waals surface area (Å²) in [6.45, 7) is 1.50. The maximum atomic E-state index is 12.2. The van der Waals surface area contributed by atoms with E-state index in [4.69, 9.17) is 0 Å². The molecule has 0 radical (unpaired) electrons. The van der Waals surface area contributed by atoms with E-state index in [1.807, 2.05) is 35.7 Å². The van der Waals surface area contributed by atoms with Crippen molar-refractivity contribution >= 4 is 39.5 Å². The molecular formula is C19H17N3O2S. The third kappa shape index (κ3) is 4.74. The predicted molar refractivity (Wildman–Crippen MR) is 101 cm³/mol. The zero-order valence-electron chi connectivity index (χ0n) is 13.7. The maximum Gasteiger partial charge on any atom is 0.230 e. The van der Waals surface area contributed by atoms with Crippen LogP contribution in [0.15, 0.2) is 60.0 Å². The molecule has 0 saturated heterocycles. The number of aromatic nitrogens is 1. The lowest BCUT2D eigenvalue weighted by atomic mass is 10.1. The van der Waals surface area contributed by atoms with Gasteiger partial charge in [-0.15, -0.1) is 11.3 Å². The first-order chi connectivity index (χ1) is 12.1. The third-order valence-electron chi connectivity index (χ3n) is 3.47. The van der Waals surface area contributed by atoms with Crippen molar-refractivity contribution in [3.05, 3.63) is 71.2 Å². The Balaban J connectivity index is 1.60. The first kappa shape index (κ1) is 16.9. The Labute approximate surface area is 149 Å². The molecular weight excluding hydrogens is 334 g/mol. The van der Waals surface area contributed by atoms with Crippen LogP contribution in [-0.4, -0.2) is 16.7 Å². The van der Waals surface area contributed by atoms with E-state index in [2.05, 4.69) is 15.6 Å². The fourth-order valence-corrected chi connectivity index (χ4v) is 3.01. The first-order valence-electron chi connectivity index (χ1n) is 7.77. The van der Waals surface area contributed by atoms with Crippen LogP contribution in [0.1, 0.15) is 23.0 Å². The molecule has 0 aliphatic carbocycles. The SMILES string of the molecule is CC(=O)c1cccc(NC(=O)Cc2csc(Nc3ccccc3)n2)c1. The monoisotopic (exact) mass is 351 g/mol. The number of nitrogens with one attached hydrogen (secondary N) is 2. The Morgan fingerprint density at radius 3 is 2.56 bits per heavy atom. The predicted octanol–water partition coefficient (Wildman–Crippen LogP) is 4.27. The number of hydrogen-bond acceptors (Lipinski definition) is 5. The van der Waals surface area contributed by atoms with Crippen LogP contribution in [0.4, 0.5) is 16.5 Å². The number of Topliss-reactive ketones (excluding diaryl/α,β-unsaturated/α-hetero) is 1. The molecule has 126 valence electrons. The Morgan fingerprint density at radius 2 is 1.80 bits per heavy atom. The zero-order chi connectivity index (χ0) is 17.6. The summed E-state index contributed by atoms with van der Waals surface area (Å²) in [6.07, 6.45) is 0.178. The minimum atomic E-state index is -0.169. The summed E-state index contributed by atoms with van der Waals surface area (Å²) < 4.78 is 0. The second-order valence-corrected chi connectivity index (χ2v) is 6.36. The molecule has 3 aromatic rings. The van der Waals surface area contributed by atoms with Crippen LogP contribution in [0.2, 0.25) is 0 Å². The van der Waals surface area contributed by atoms with Crippen LogP contribution in [0.25, 0.3) is 0 Å². The molecule has 1 heterocycles. The number of amides is 1. The van der Waals surface area contributed by atoms with Gasteiger partial charge in [-0.25, -0.2) is 4.98 Å². The highest BCUT2D eigenvalue weighted by Gasteiger charge is 2.09. The summed E-state index contributed by atoms with van der Waals surface area (Å²) >= 11 is 1.45. The summed E-state index contributed by atoms with van der Waals surface area (Å²) in [5.41, 5.74) is 2.83. The van der Waals surface area contributed by atoms with E-state index < -0.39 is 0 Å². The van der Waals surface area contributed by atoms with Crippen molar-refractivity contribution in [3.8, 4) is 0 Å². The number of thiazole rings is 1. The van der Waals surface area contributed by atoms with Gasteiger partial charge in [0.1, 0.15) is 0 Å². The quantitative estimate of drug-likeness (QED) is 0.651. The molecule has 3 rings (SSSR count). The van der Waals surface area contributed by atoms with E-state index in [1.54, 1.807) is 24.3 Å². The van der Waals surface area contributed by atoms with E-state index in [1.165, 1.54) is 18.3 Å². The number of ketones is 1. The van der Waals surface area contributed by atoms with Crippen LogP contribution in [-0.2, 0) is 11.2 Å². The molecule has 1 amide bonds. The van der Waals surface area contributed by atoms with Crippen molar-refractivity contribution in [2.45, 2.75) is 13.3 Å². The number of para-hydroxylation sites is 1. The van der Waals surface area contributed by atoms with Crippen molar-refractivity contribution in [3.63, 3.8) is 0 Å². The Hall–Kier alpha value is -2.99. The minimum Gasteiger partial charge on any atom is -0.332 e. The molecule has 0 bridgehead atoms. The second kappa shape index (κ2) is 7.72. The molecule has 6 heteroatoms. The highest BCUT2D eigenvalue weighted by molar-refractivity contribution is 7.13. The molecule has 25 heavy (non-hydrogen) atoms. The van der Waals surface area contributed by atoms with E-state index in [0.717, 1.165) is 10.8 Å². The van der Waals surface area contributed by atoms with Crippen molar-refractivity contribution in [1.29, 1.82) is 0 Å². The summed E-state index contributed by atoms with van der Waals surface area (Å²) in [7, 11) is 0. The molecule has 5 nitrogen and oxygen atoms in total. The van der Waals surface area contributed by atoms with Crippen LogP contribution >= 0.6 is 11.3 Å². The van der Waals surface area contributed by atoms with Gasteiger partial charge in [-0.3, -0.25) is 9.59 Å². The smallest absolute Gasteiger partial charge is 0.230 e. The standard InChI is InChI=1S/C19H17N3O2S/c1-13(23)14-6-5-9-16(10-14)20-18(24)11-17-12-25-19(22-17)21-15-7-3-2-4-8-15/h2-10,12H,11H2,1H3,(H,20,24)(H,21,22). The maximum absolute atomic E-state index is 12.2. The fourth-order valence-electron chi connectivity index (χ4n) is 2.28. The molecule has 0 saturated carbocycles. The van der Waals surface area contributed by atoms with E-state index in [0.29, 0.717) is 16.9 Å². The average Bonchev–Trinajstić information content (AvgIpc) is 3.02. The summed E-state index contributed by atoms with van der Waals surface area (Å²) in [6, 6.07) is 16.6. The highest BCUT2D eigenvalue weighted by atomic mass is 32.1. The van der Waals surface area contributed by atoms with Crippen molar-refractivity contribution < 1.29 is 9.59 Å². The Morgan fingerprint density at radius 1 is 1.04 bits per heavy atom. The van der Waals surface area contributed by atoms with Crippen LogP contribution in [0, 0.1) is 0 Å². The molecule has 0 spiro atoms. The summed E-state index contributed by atoms with van der Waals surface area (Å²) in [4.78, 5) is 28.0. The molecule has 0 atom stereocenters. The number of nitrogens with zero attached hydrogens (tertiary/aromatic N) is 1. The van der Waals surface area contributed by atoms with Crippen molar-refractivity contribution in [2.24, 2.45) is 0 Å². The van der Waals surface area contributed by atoms with Gasteiger partial charge in [0.15, 0.2) is 10.9 Å². The van der Waals surface area contributed by atoms with Crippen LogP contribution in [0.5, 0.6) is 0 Å². The van der Waals surface area contributed by atoms with Gasteiger partial charge in [0.2, 0.25) is 5.91 Å². The molecule has 0 unspecified atom stereocenters. The van der Waals surface area contributed by atoms with E-state index >= 15 is 0 Å². The number of benzene rings is 2. The molecule has 0 aliphatic rings. The topological polar surface area (TPSA) is 71.1 Å². The van der Waals surface area contributed by atoms with E-state index in [-0.39, 0.29) is 18.1 Å².